The van der Waals surface area contributed by atoms with Crippen LogP contribution >= 0.6 is 11.3 Å². The number of hydrogen-bond acceptors (Lipinski definition) is 7. The zero-order valence-electron chi connectivity index (χ0n) is 18.6. The predicted octanol–water partition coefficient (Wildman–Crippen LogP) is 4.71. The average molecular weight is 466 g/mol. The Balaban J connectivity index is 1.99. The fourth-order valence-electron chi connectivity index (χ4n) is 3.93. The number of nitrogens with zero attached hydrogens (tertiary/aromatic N) is 1. The Kier molecular flexibility index (Phi) is 6.11. The lowest BCUT2D eigenvalue weighted by Crippen LogP contribution is -2.29. The van der Waals surface area contributed by atoms with E-state index >= 15 is 0 Å². The molecule has 33 heavy (non-hydrogen) atoms. The van der Waals surface area contributed by atoms with Crippen LogP contribution in [-0.4, -0.2) is 38.1 Å². The second-order valence-electron chi connectivity index (χ2n) is 7.41. The van der Waals surface area contributed by atoms with Gasteiger partial charge in [0.1, 0.15) is 29.0 Å². The molecule has 2 heterocycles. The summed E-state index contributed by atoms with van der Waals surface area (Å²) in [5, 5.41) is 13.2. The number of carbonyl (C=O) groups is 2. The molecule has 170 valence electrons. The summed E-state index contributed by atoms with van der Waals surface area (Å²) in [4.78, 5) is 28.8. The number of para-hydroxylation sites is 1. The molecule has 1 aromatic heterocycles. The Morgan fingerprint density at radius 3 is 2.21 bits per heavy atom. The average Bonchev–Trinajstić information content (AvgIpc) is 3.38. The highest BCUT2D eigenvalue weighted by molar-refractivity contribution is 7.10. The van der Waals surface area contributed by atoms with Crippen LogP contribution in [0.2, 0.25) is 0 Å². The van der Waals surface area contributed by atoms with E-state index in [1.165, 1.54) is 37.6 Å². The van der Waals surface area contributed by atoms with Crippen LogP contribution < -0.4 is 19.1 Å². The minimum absolute atomic E-state index is 0.00293. The maximum Gasteiger partial charge on any atom is 0.300 e. The minimum Gasteiger partial charge on any atom is -0.507 e. The summed E-state index contributed by atoms with van der Waals surface area (Å²) < 4.78 is 16.1. The molecule has 1 aliphatic heterocycles. The predicted molar refractivity (Wildman–Crippen MR) is 126 cm³/mol. The van der Waals surface area contributed by atoms with Gasteiger partial charge in [-0.15, -0.1) is 11.3 Å². The van der Waals surface area contributed by atoms with Crippen LogP contribution in [0.1, 0.15) is 22.0 Å². The number of rotatable bonds is 6. The van der Waals surface area contributed by atoms with Gasteiger partial charge in [0.15, 0.2) is 0 Å². The second-order valence-corrected chi connectivity index (χ2v) is 8.36. The van der Waals surface area contributed by atoms with Gasteiger partial charge >= 0.3 is 0 Å². The number of ketones is 1. The van der Waals surface area contributed by atoms with Gasteiger partial charge < -0.3 is 19.3 Å². The summed E-state index contributed by atoms with van der Waals surface area (Å²) in [6.45, 7) is 1.90. The quantitative estimate of drug-likeness (QED) is 0.322. The number of carbonyl (C=O) groups excluding carboxylic acids is 2. The van der Waals surface area contributed by atoms with E-state index in [0.29, 0.717) is 28.5 Å². The molecule has 7 nitrogen and oxygen atoms in total. The lowest BCUT2D eigenvalue weighted by Gasteiger charge is -2.26. The number of aliphatic hydroxyl groups excluding tert-OH is 1. The highest BCUT2D eigenvalue weighted by Gasteiger charge is 2.48. The van der Waals surface area contributed by atoms with Gasteiger partial charge in [0.05, 0.1) is 38.2 Å². The number of benzene rings is 2. The van der Waals surface area contributed by atoms with E-state index in [4.69, 9.17) is 14.2 Å². The largest absolute Gasteiger partial charge is 0.507 e. The van der Waals surface area contributed by atoms with Crippen molar-refractivity contribution in [3.05, 3.63) is 75.5 Å². The van der Waals surface area contributed by atoms with Crippen molar-refractivity contribution >= 4 is 34.5 Å². The maximum absolute atomic E-state index is 13.3. The van der Waals surface area contributed by atoms with Crippen molar-refractivity contribution in [3.63, 3.8) is 0 Å². The molecule has 1 unspecified atom stereocenters. The normalized spacial score (nSPS) is 17.3. The first kappa shape index (κ1) is 22.4. The summed E-state index contributed by atoms with van der Waals surface area (Å²) >= 11 is 1.41. The molecule has 1 amide bonds. The van der Waals surface area contributed by atoms with Gasteiger partial charge in [-0.2, -0.15) is 0 Å². The van der Waals surface area contributed by atoms with Gasteiger partial charge in [0, 0.05) is 23.1 Å². The maximum atomic E-state index is 13.3. The molecule has 4 rings (SSSR count). The van der Waals surface area contributed by atoms with Crippen LogP contribution in [0.4, 0.5) is 5.69 Å². The number of amides is 1. The first-order valence-electron chi connectivity index (χ1n) is 10.1. The number of anilines is 1. The molecule has 0 saturated carbocycles. The Bertz CT molecular complexity index is 1240. The van der Waals surface area contributed by atoms with E-state index in [2.05, 4.69) is 0 Å². The van der Waals surface area contributed by atoms with Crippen LogP contribution in [0.15, 0.2) is 59.5 Å². The van der Waals surface area contributed by atoms with Crippen LogP contribution in [0.5, 0.6) is 17.2 Å². The van der Waals surface area contributed by atoms with E-state index in [-0.39, 0.29) is 11.3 Å². The second kappa shape index (κ2) is 8.99. The summed E-state index contributed by atoms with van der Waals surface area (Å²) in [7, 11) is 4.50. The van der Waals surface area contributed by atoms with Gasteiger partial charge in [0.25, 0.3) is 11.7 Å². The van der Waals surface area contributed by atoms with Crippen molar-refractivity contribution in [2.75, 3.05) is 26.2 Å². The van der Waals surface area contributed by atoms with Crippen molar-refractivity contribution < 1.29 is 28.9 Å². The molecule has 8 heteroatoms. The van der Waals surface area contributed by atoms with Gasteiger partial charge in [-0.05, 0) is 36.1 Å². The van der Waals surface area contributed by atoms with Gasteiger partial charge in [0.2, 0.25) is 0 Å². The summed E-state index contributed by atoms with van der Waals surface area (Å²) in [6, 6.07) is 12.9. The van der Waals surface area contributed by atoms with E-state index in [0.717, 1.165) is 10.4 Å². The van der Waals surface area contributed by atoms with Crippen molar-refractivity contribution in [1.29, 1.82) is 0 Å². The van der Waals surface area contributed by atoms with Gasteiger partial charge in [-0.1, -0.05) is 12.1 Å². The standard InChI is InChI=1S/C25H23NO6S/c1-14-9-10-33-24(14)21-20(22(27)18-7-5-6-8-19(18)32-4)23(28)25(29)26(21)15-11-16(30-2)13-17(12-15)31-3/h5-13,21,27H,1-4H3/b22-20-. The van der Waals surface area contributed by atoms with Crippen molar-refractivity contribution in [3.8, 4) is 17.2 Å². The smallest absolute Gasteiger partial charge is 0.300 e. The Morgan fingerprint density at radius 2 is 1.64 bits per heavy atom. The third-order valence-electron chi connectivity index (χ3n) is 5.57. The van der Waals surface area contributed by atoms with E-state index < -0.39 is 17.7 Å². The number of methoxy groups -OCH3 is 3. The molecule has 0 radical (unpaired) electrons. The Hall–Kier alpha value is -3.78. The number of ether oxygens (including phenoxy) is 3. The molecular formula is C25H23NO6S. The van der Waals surface area contributed by atoms with Crippen LogP contribution in [0, 0.1) is 6.92 Å². The fourth-order valence-corrected chi connectivity index (χ4v) is 4.95. The van der Waals surface area contributed by atoms with Crippen LogP contribution in [-0.2, 0) is 9.59 Å². The van der Waals surface area contributed by atoms with Crippen molar-refractivity contribution in [2.45, 2.75) is 13.0 Å². The first-order valence-corrected chi connectivity index (χ1v) is 11.0. The molecule has 1 saturated heterocycles. The number of thiophene rings is 1. The fraction of sp³-hybridized carbons (Fsp3) is 0.200. The molecule has 1 aliphatic rings. The van der Waals surface area contributed by atoms with Crippen LogP contribution in [0.3, 0.4) is 0 Å². The van der Waals surface area contributed by atoms with Crippen molar-refractivity contribution in [1.82, 2.24) is 0 Å². The zero-order chi connectivity index (χ0) is 23.7. The van der Waals surface area contributed by atoms with E-state index in [1.54, 1.807) is 42.5 Å². The molecule has 1 fully saturated rings. The number of aliphatic hydroxyl groups is 1. The molecule has 0 aliphatic carbocycles. The van der Waals surface area contributed by atoms with Gasteiger partial charge in [-0.25, -0.2) is 0 Å². The first-order chi connectivity index (χ1) is 15.9. The van der Waals surface area contributed by atoms with Crippen LogP contribution in [0.25, 0.3) is 5.76 Å². The molecule has 3 aromatic rings. The molecular weight excluding hydrogens is 442 g/mol. The summed E-state index contributed by atoms with van der Waals surface area (Å²) in [5.74, 6) is -0.486. The highest BCUT2D eigenvalue weighted by atomic mass is 32.1. The molecule has 0 bridgehead atoms. The SMILES string of the molecule is COc1cc(OC)cc(N2C(=O)C(=O)/C(=C(\O)c3ccccc3OC)C2c2sccc2C)c1. The lowest BCUT2D eigenvalue weighted by molar-refractivity contribution is -0.132. The summed E-state index contributed by atoms with van der Waals surface area (Å²) in [6.07, 6.45) is 0. The monoisotopic (exact) mass is 465 g/mol. The van der Waals surface area contributed by atoms with E-state index in [9.17, 15) is 14.7 Å². The van der Waals surface area contributed by atoms with Gasteiger partial charge in [-0.3, -0.25) is 14.5 Å². The van der Waals surface area contributed by atoms with Crippen molar-refractivity contribution in [2.24, 2.45) is 0 Å². The number of Topliss-reactive ketones (excluding diaryl/α,β-unsaturated/α-hetero) is 1. The van der Waals surface area contributed by atoms with E-state index in [1.807, 2.05) is 18.4 Å². The molecule has 0 spiro atoms. The number of hydrogen-bond donors (Lipinski definition) is 1. The topological polar surface area (TPSA) is 85.3 Å². The third kappa shape index (κ3) is 3.82. The summed E-state index contributed by atoms with van der Waals surface area (Å²) in [5.41, 5.74) is 1.65. The number of aryl methyl sites for hydroxylation is 1. The lowest BCUT2D eigenvalue weighted by atomic mass is 9.98. The Labute approximate surface area is 195 Å². The molecule has 1 atom stereocenters. The third-order valence-corrected chi connectivity index (χ3v) is 6.64. The molecule has 2 aromatic carbocycles. The zero-order valence-corrected chi connectivity index (χ0v) is 19.4. The Morgan fingerprint density at radius 1 is 0.970 bits per heavy atom. The minimum atomic E-state index is -0.827. The molecule has 1 N–H and O–H groups in total. The highest BCUT2D eigenvalue weighted by Crippen LogP contribution is 2.46.